The molecule has 0 unspecified atom stereocenters. The average Bonchev–Trinajstić information content (AvgIpc) is 3.47. The summed E-state index contributed by atoms with van der Waals surface area (Å²) in [5.74, 6) is 2.44. The summed E-state index contributed by atoms with van der Waals surface area (Å²) < 4.78 is 10.6. The van der Waals surface area contributed by atoms with Gasteiger partial charge in [-0.1, -0.05) is 12.1 Å². The molecule has 0 bridgehead atoms. The summed E-state index contributed by atoms with van der Waals surface area (Å²) >= 11 is 0. The maximum Gasteiger partial charge on any atom is 0.244 e. The Bertz CT molecular complexity index is 950. The van der Waals surface area contributed by atoms with Crippen LogP contribution < -0.4 is 10.1 Å². The summed E-state index contributed by atoms with van der Waals surface area (Å²) in [6, 6.07) is 10.7. The molecule has 1 aromatic heterocycles. The van der Waals surface area contributed by atoms with Crippen LogP contribution in [0.5, 0.6) is 5.75 Å². The predicted octanol–water partition coefficient (Wildman–Crippen LogP) is 4.64. The number of methoxy groups -OCH3 is 1. The number of benzene rings is 1. The smallest absolute Gasteiger partial charge is 0.244 e. The number of furan rings is 1. The molecule has 2 aromatic rings. The molecule has 2 saturated carbocycles. The molecular formula is C27H34N2O3. The van der Waals surface area contributed by atoms with Crippen LogP contribution in [0.1, 0.15) is 49.7 Å². The lowest BCUT2D eigenvalue weighted by Gasteiger charge is -2.53. The van der Waals surface area contributed by atoms with Gasteiger partial charge in [0.1, 0.15) is 5.75 Å². The Morgan fingerprint density at radius 1 is 1.28 bits per heavy atom. The normalized spacial score (nSPS) is 28.4. The molecule has 32 heavy (non-hydrogen) atoms. The van der Waals surface area contributed by atoms with Gasteiger partial charge in [-0.15, -0.1) is 0 Å². The first-order valence-electron chi connectivity index (χ1n) is 12.0. The Morgan fingerprint density at radius 3 is 2.97 bits per heavy atom. The lowest BCUT2D eigenvalue weighted by Crippen LogP contribution is -2.56. The predicted molar refractivity (Wildman–Crippen MR) is 125 cm³/mol. The van der Waals surface area contributed by atoms with Crippen LogP contribution in [-0.2, 0) is 10.2 Å². The van der Waals surface area contributed by atoms with Gasteiger partial charge in [0.15, 0.2) is 0 Å². The van der Waals surface area contributed by atoms with E-state index in [0.717, 1.165) is 49.5 Å². The van der Waals surface area contributed by atoms with Gasteiger partial charge in [0, 0.05) is 36.2 Å². The number of carbonyl (C=O) groups is 1. The van der Waals surface area contributed by atoms with Crippen LogP contribution in [0.15, 0.2) is 53.4 Å². The molecule has 5 nitrogen and oxygen atoms in total. The monoisotopic (exact) mass is 434 g/mol. The van der Waals surface area contributed by atoms with Gasteiger partial charge < -0.3 is 19.4 Å². The van der Waals surface area contributed by atoms with Crippen molar-refractivity contribution >= 4 is 12.0 Å². The van der Waals surface area contributed by atoms with Gasteiger partial charge in [-0.05, 0) is 86.7 Å². The van der Waals surface area contributed by atoms with Crippen molar-refractivity contribution < 1.29 is 13.9 Å². The molecule has 3 atom stereocenters. The Kier molecular flexibility index (Phi) is 6.09. The zero-order chi connectivity index (χ0) is 22.0. The fourth-order valence-corrected chi connectivity index (χ4v) is 5.90. The lowest BCUT2D eigenvalue weighted by atomic mass is 9.58. The fourth-order valence-electron chi connectivity index (χ4n) is 5.90. The van der Waals surface area contributed by atoms with Crippen LogP contribution in [-0.4, -0.2) is 43.6 Å². The molecule has 170 valence electrons. The average molecular weight is 435 g/mol. The highest BCUT2D eigenvalue weighted by Crippen LogP contribution is 2.50. The van der Waals surface area contributed by atoms with E-state index in [0.29, 0.717) is 5.92 Å². The zero-order valence-electron chi connectivity index (χ0n) is 19.0. The molecule has 5 rings (SSSR count). The van der Waals surface area contributed by atoms with Gasteiger partial charge in [0.05, 0.1) is 19.6 Å². The Hall–Kier alpha value is -2.53. The van der Waals surface area contributed by atoms with Crippen LogP contribution in [0.3, 0.4) is 0 Å². The highest BCUT2D eigenvalue weighted by molar-refractivity contribution is 5.91. The molecule has 3 aliphatic rings. The van der Waals surface area contributed by atoms with E-state index in [4.69, 9.17) is 9.15 Å². The number of hydrogen-bond donors (Lipinski definition) is 1. The van der Waals surface area contributed by atoms with E-state index in [1.165, 1.54) is 31.5 Å². The minimum absolute atomic E-state index is 0.0263. The fraction of sp³-hybridized carbons (Fsp3) is 0.519. The number of amides is 1. The van der Waals surface area contributed by atoms with Crippen molar-refractivity contribution in [3.63, 3.8) is 0 Å². The van der Waals surface area contributed by atoms with Gasteiger partial charge in [-0.3, -0.25) is 4.79 Å². The molecule has 0 spiro atoms. The number of hydrogen-bond acceptors (Lipinski definition) is 4. The number of ether oxygens (including phenoxy) is 1. The first-order valence-corrected chi connectivity index (χ1v) is 12.0. The quantitative estimate of drug-likeness (QED) is 0.645. The maximum absolute atomic E-state index is 12.6. The third-order valence-corrected chi connectivity index (χ3v) is 7.78. The molecule has 1 aliphatic heterocycles. The minimum atomic E-state index is -0.0263. The topological polar surface area (TPSA) is 54.7 Å². The lowest BCUT2D eigenvalue weighted by molar-refractivity contribution is -0.117. The van der Waals surface area contributed by atoms with E-state index in [1.807, 2.05) is 12.1 Å². The van der Waals surface area contributed by atoms with Crippen LogP contribution in [0.2, 0.25) is 0 Å². The molecule has 1 aromatic carbocycles. The second-order valence-corrected chi connectivity index (χ2v) is 9.91. The van der Waals surface area contributed by atoms with Crippen molar-refractivity contribution in [2.45, 2.75) is 50.0 Å². The van der Waals surface area contributed by atoms with Gasteiger partial charge in [-0.25, -0.2) is 0 Å². The van der Waals surface area contributed by atoms with Crippen LogP contribution in [0.4, 0.5) is 0 Å². The number of likely N-dealkylation sites (tertiary alicyclic amines) is 1. The summed E-state index contributed by atoms with van der Waals surface area (Å²) in [6.07, 6.45) is 13.8. The van der Waals surface area contributed by atoms with Gasteiger partial charge in [0.25, 0.3) is 0 Å². The molecule has 1 N–H and O–H groups in total. The number of piperidine rings is 1. The molecule has 3 fully saturated rings. The standard InChI is InChI=1S/C27H34N2O3/c1-31-25-4-2-3-22(15-25)27-12-13-29(17-20-5-6-20)18-23(27)8-9-24(16-27)28-26(30)10-7-21-11-14-32-19-21/h2-4,7,10-11,14-15,19-20,23-24H,5-6,8-9,12-13,16-18H2,1H3,(H,28,30)/t23-,24-,27+/m1/s1. The third-order valence-electron chi connectivity index (χ3n) is 7.78. The van der Waals surface area contributed by atoms with Crippen LogP contribution in [0, 0.1) is 11.8 Å². The first-order chi connectivity index (χ1) is 15.6. The van der Waals surface area contributed by atoms with Crippen molar-refractivity contribution in [2.24, 2.45) is 11.8 Å². The Morgan fingerprint density at radius 2 is 2.19 bits per heavy atom. The highest BCUT2D eigenvalue weighted by atomic mass is 16.5. The minimum Gasteiger partial charge on any atom is -0.497 e. The summed E-state index contributed by atoms with van der Waals surface area (Å²) in [6.45, 7) is 3.59. The van der Waals surface area contributed by atoms with Crippen molar-refractivity contribution in [1.29, 1.82) is 0 Å². The summed E-state index contributed by atoms with van der Waals surface area (Å²) in [4.78, 5) is 15.3. The van der Waals surface area contributed by atoms with Gasteiger partial charge in [-0.2, -0.15) is 0 Å². The maximum atomic E-state index is 12.6. The van der Waals surface area contributed by atoms with E-state index in [-0.39, 0.29) is 17.4 Å². The van der Waals surface area contributed by atoms with E-state index in [1.54, 1.807) is 31.8 Å². The molecular weight excluding hydrogens is 400 g/mol. The van der Waals surface area contributed by atoms with Gasteiger partial charge in [0.2, 0.25) is 5.91 Å². The van der Waals surface area contributed by atoms with Crippen LogP contribution >= 0.6 is 0 Å². The Labute approximate surface area is 190 Å². The van der Waals surface area contributed by atoms with Crippen molar-refractivity contribution in [3.8, 4) is 5.75 Å². The highest BCUT2D eigenvalue weighted by Gasteiger charge is 2.48. The summed E-state index contributed by atoms with van der Waals surface area (Å²) in [5.41, 5.74) is 2.37. The van der Waals surface area contributed by atoms with E-state index in [9.17, 15) is 4.79 Å². The molecule has 2 heterocycles. The number of nitrogens with one attached hydrogen (secondary N) is 1. The molecule has 1 amide bonds. The Balaban J connectivity index is 1.33. The van der Waals surface area contributed by atoms with E-state index in [2.05, 4.69) is 28.4 Å². The molecule has 5 heteroatoms. The second-order valence-electron chi connectivity index (χ2n) is 9.91. The summed E-state index contributed by atoms with van der Waals surface area (Å²) in [7, 11) is 1.74. The number of fused-ring (bicyclic) bond motifs is 1. The first kappa shape index (κ1) is 21.3. The largest absolute Gasteiger partial charge is 0.497 e. The van der Waals surface area contributed by atoms with Crippen molar-refractivity contribution in [1.82, 2.24) is 10.2 Å². The number of rotatable bonds is 7. The van der Waals surface area contributed by atoms with Crippen molar-refractivity contribution in [2.75, 3.05) is 26.7 Å². The SMILES string of the molecule is COc1cccc([C@@]23CCN(CC4CC4)C[C@H]2CC[C@@H](NC(=O)C=Cc2ccoc2)C3)c1. The van der Waals surface area contributed by atoms with E-state index >= 15 is 0 Å². The number of carbonyl (C=O) groups excluding carboxylic acids is 1. The number of nitrogens with zero attached hydrogens (tertiary/aromatic N) is 1. The molecule has 1 saturated heterocycles. The second kappa shape index (κ2) is 9.14. The summed E-state index contributed by atoms with van der Waals surface area (Å²) in [5, 5.41) is 3.29. The van der Waals surface area contributed by atoms with Crippen molar-refractivity contribution in [3.05, 3.63) is 60.1 Å². The van der Waals surface area contributed by atoms with Gasteiger partial charge >= 0.3 is 0 Å². The van der Waals surface area contributed by atoms with Crippen LogP contribution in [0.25, 0.3) is 6.08 Å². The zero-order valence-corrected chi connectivity index (χ0v) is 19.0. The molecule has 2 aliphatic carbocycles. The van der Waals surface area contributed by atoms with E-state index < -0.39 is 0 Å². The molecule has 0 radical (unpaired) electrons. The third kappa shape index (κ3) is 4.63.